The number of rotatable bonds is 20. The molecule has 5 aliphatic rings. The van der Waals surface area contributed by atoms with Gasteiger partial charge in [-0.1, -0.05) is 124 Å². The molecule has 5 amide bonds. The highest BCUT2D eigenvalue weighted by molar-refractivity contribution is 9.11. The molecule has 5 heterocycles. The molecule has 13 rings (SSSR count). The van der Waals surface area contributed by atoms with Gasteiger partial charge >= 0.3 is 0 Å². The topological polar surface area (TPSA) is 332 Å². The second-order valence-corrected chi connectivity index (χ2v) is 43.3. The summed E-state index contributed by atoms with van der Waals surface area (Å²) >= 11 is 41.7. The molecule has 8 aromatic rings. The molecule has 25 nitrogen and oxygen atoms in total. The summed E-state index contributed by atoms with van der Waals surface area (Å²) in [6.45, 7) is 6.22. The lowest BCUT2D eigenvalue weighted by atomic mass is 9.98. The summed E-state index contributed by atoms with van der Waals surface area (Å²) in [6.07, 6.45) is 6.36. The summed E-state index contributed by atoms with van der Waals surface area (Å²) in [4.78, 5) is 62.9. The van der Waals surface area contributed by atoms with Crippen LogP contribution in [0.25, 0.3) is 0 Å². The van der Waals surface area contributed by atoms with Gasteiger partial charge < -0.3 is 26.6 Å². The lowest BCUT2D eigenvalue weighted by molar-refractivity contribution is -0.121. The van der Waals surface area contributed by atoms with Crippen molar-refractivity contribution < 1.29 is 74.8 Å². The maximum atomic E-state index is 13.5. The predicted molar refractivity (Wildman–Crippen MR) is 482 cm³/mol. The van der Waals surface area contributed by atoms with E-state index < -0.39 is 79.5 Å². The molecule has 0 aromatic heterocycles. The molecule has 122 heavy (non-hydrogen) atoms. The van der Waals surface area contributed by atoms with Crippen molar-refractivity contribution in [3.05, 3.63) is 233 Å². The molecule has 0 spiro atoms. The third kappa shape index (κ3) is 27.9. The minimum absolute atomic E-state index is 0.0270. The fraction of sp³-hybridized carbons (Fsp3) is 0.354. The van der Waals surface area contributed by atoms with E-state index in [2.05, 4.69) is 58.4 Å². The Morgan fingerprint density at radius 2 is 0.598 bits per heavy atom. The fourth-order valence-corrected chi connectivity index (χ4v) is 22.1. The number of amides is 5. The van der Waals surface area contributed by atoms with E-state index >= 15 is 0 Å². The molecule has 8 aromatic carbocycles. The number of piperidine rings is 5. The second kappa shape index (κ2) is 45.6. The van der Waals surface area contributed by atoms with Gasteiger partial charge in [0.2, 0.25) is 79.7 Å². The maximum absolute atomic E-state index is 13.5. The van der Waals surface area contributed by atoms with Gasteiger partial charge in [-0.25, -0.2) is 59.5 Å². The van der Waals surface area contributed by atoms with Gasteiger partial charge in [-0.05, 0) is 237 Å². The lowest BCUT2D eigenvalue weighted by Crippen LogP contribution is -2.44. The van der Waals surface area contributed by atoms with Crippen molar-refractivity contribution >= 4 is 210 Å². The fourth-order valence-electron chi connectivity index (χ4n) is 13.6. The van der Waals surface area contributed by atoms with Gasteiger partial charge in [0.15, 0.2) is 0 Å². The maximum Gasteiger partial charge on any atom is 0.243 e. The van der Waals surface area contributed by atoms with Crippen LogP contribution in [0.2, 0.25) is 30.1 Å². The van der Waals surface area contributed by atoms with Gasteiger partial charge in [-0.3, -0.25) is 24.0 Å². The minimum atomic E-state index is -3.64. The number of nitrogens with zero attached hydrogens (tertiary/aromatic N) is 5. The monoisotopic (exact) mass is 2020 g/mol. The summed E-state index contributed by atoms with van der Waals surface area (Å²) in [5, 5.41) is 15.4. The van der Waals surface area contributed by atoms with Crippen LogP contribution in [0.1, 0.15) is 78.1 Å². The molecule has 0 bridgehead atoms. The van der Waals surface area contributed by atoms with E-state index in [1.54, 1.807) is 147 Å². The molecular weight excluding hydrogens is 1940 g/mol. The van der Waals surface area contributed by atoms with Crippen molar-refractivity contribution in [1.82, 2.24) is 21.5 Å². The first-order chi connectivity index (χ1) is 57.8. The average Bonchev–Trinajstić information content (AvgIpc) is 0.834. The Bertz CT molecular complexity index is 5160. The second-order valence-electron chi connectivity index (χ2n) is 28.8. The van der Waals surface area contributed by atoms with Gasteiger partial charge in [0.05, 0.1) is 85.9 Å². The van der Waals surface area contributed by atoms with E-state index in [9.17, 15) is 74.8 Å². The summed E-state index contributed by atoms with van der Waals surface area (Å²) < 4.78 is 159. The molecule has 0 radical (unpaired) electrons. The Labute approximate surface area is 757 Å². The normalized spacial score (nSPS) is 19.0. The first-order valence-corrected chi connectivity index (χ1v) is 50.1. The van der Waals surface area contributed by atoms with Crippen molar-refractivity contribution in [2.45, 2.75) is 92.7 Å². The highest BCUT2D eigenvalue weighted by Gasteiger charge is 2.38. The largest absolute Gasteiger partial charge is 0.326 e. The third-order valence-electron chi connectivity index (χ3n) is 20.4. The number of halogens is 10. The van der Waals surface area contributed by atoms with Gasteiger partial charge in [0.1, 0.15) is 11.6 Å². The molecule has 5 N–H and O–H groups in total. The standard InChI is InChI=1S/C18H18Cl2N2O3S.2C18H18ClFN2O3S.2C14H18BrClN2O3S/c19-16-9-8-14(11-17(16)20)21-18(23)13-5-4-10-22(12-13)26(24,25)15-6-2-1-3-7-15;19-16-11-14(8-9-17(16)20)21-18(23)13-5-4-10-22(12-13)26(24,25)15-6-2-1-3-7-15;19-16-9-8-14(11-17(16)20)21-18(23)13-5-4-10-22(12-13)26(24,25)15-6-2-1-3-7-15;1-2-22(20,21)18-7-3-4-10(9-18)14(19)17-11-5-6-13(16)12(15)8-11;1-2-22(20,21)18-7-3-4-10(9-18)14(19)17-11-5-6-12(15)13(16)8-11/h3*1-3,6-9,11,13H,4-5,10,12H2,(H,21,23);2*5-6,8,10H,2-4,7,9H2,1H3,(H,17,19)/t3*13-;2*10-/m00000/s1. The Morgan fingerprint density at radius 1 is 0.320 bits per heavy atom. The van der Waals surface area contributed by atoms with E-state index in [1.165, 1.54) is 64.0 Å². The average molecular weight is 2030 g/mol. The zero-order chi connectivity index (χ0) is 88.9. The first-order valence-electron chi connectivity index (χ1n) is 38.7. The molecule has 0 unspecified atom stereocenters. The van der Waals surface area contributed by atoms with E-state index in [1.807, 2.05) is 0 Å². The molecule has 5 atom stereocenters. The molecular formula is C82H90Br2Cl6F2N10O15S5. The number of carbonyl (C=O) groups is 5. The summed E-state index contributed by atoms with van der Waals surface area (Å²) in [5.74, 6) is -4.33. The van der Waals surface area contributed by atoms with Gasteiger partial charge in [0, 0.05) is 103 Å². The van der Waals surface area contributed by atoms with Crippen LogP contribution in [0.4, 0.5) is 37.2 Å². The molecule has 0 aliphatic carbocycles. The Morgan fingerprint density at radius 3 is 0.910 bits per heavy atom. The van der Waals surface area contributed by atoms with Crippen LogP contribution >= 0.6 is 101 Å². The number of nitrogens with one attached hydrogen (secondary N) is 5. The van der Waals surface area contributed by atoms with Crippen molar-refractivity contribution in [1.29, 1.82) is 0 Å². The Balaban J connectivity index is 0.000000174. The van der Waals surface area contributed by atoms with Crippen molar-refractivity contribution in [3.8, 4) is 0 Å². The lowest BCUT2D eigenvalue weighted by Gasteiger charge is -2.31. The van der Waals surface area contributed by atoms with Crippen LogP contribution in [-0.2, 0) is 74.1 Å². The zero-order valence-electron chi connectivity index (χ0n) is 65.9. The van der Waals surface area contributed by atoms with Crippen LogP contribution in [0.15, 0.2) is 206 Å². The molecule has 5 aliphatic heterocycles. The molecule has 658 valence electrons. The molecule has 5 fully saturated rings. The van der Waals surface area contributed by atoms with Gasteiger partial charge in [-0.2, -0.15) is 12.9 Å². The first kappa shape index (κ1) is 99.0. The molecule has 5 saturated heterocycles. The minimum Gasteiger partial charge on any atom is -0.326 e. The number of anilines is 5. The van der Waals surface area contributed by atoms with Crippen molar-refractivity contribution in [2.24, 2.45) is 29.6 Å². The summed E-state index contributed by atoms with van der Waals surface area (Å²) in [7, 11) is -17.4. The summed E-state index contributed by atoms with van der Waals surface area (Å²) in [5.41, 5.74) is 2.45. The third-order valence-corrected chi connectivity index (χ3v) is 33.5. The van der Waals surface area contributed by atoms with E-state index in [0.29, 0.717) is 150 Å². The van der Waals surface area contributed by atoms with Crippen molar-refractivity contribution in [2.75, 3.05) is 104 Å². The Hall–Kier alpha value is -6.78. The highest BCUT2D eigenvalue weighted by Crippen LogP contribution is 2.34. The van der Waals surface area contributed by atoms with Crippen LogP contribution in [-0.4, -0.2) is 170 Å². The SMILES string of the molecule is CCS(=O)(=O)N1CCC[C@H](C(=O)Nc2ccc(Br)c(Cl)c2)C1.CCS(=O)(=O)N1CCC[C@H](C(=O)Nc2ccc(Cl)c(Br)c2)C1.O=C(Nc1ccc(Cl)c(Cl)c1)[C@H]1CCCN(S(=O)(=O)c2ccccc2)C1.O=C(Nc1ccc(Cl)c(F)c1)[C@H]1CCCN(S(=O)(=O)c2ccccc2)C1.O=C(Nc1ccc(F)c(Cl)c1)[C@H]1CCCN(S(=O)(=O)c2ccccc2)C1. The van der Waals surface area contributed by atoms with Crippen LogP contribution < -0.4 is 26.6 Å². The predicted octanol–water partition coefficient (Wildman–Crippen LogP) is 17.3. The number of hydrogen-bond donors (Lipinski definition) is 5. The molecule has 0 saturated carbocycles. The smallest absolute Gasteiger partial charge is 0.243 e. The van der Waals surface area contributed by atoms with Crippen LogP contribution in [0, 0.1) is 41.2 Å². The van der Waals surface area contributed by atoms with Crippen molar-refractivity contribution in [3.63, 3.8) is 0 Å². The Kier molecular flexibility index (Phi) is 37.0. The van der Waals surface area contributed by atoms with E-state index in [-0.39, 0.29) is 110 Å². The van der Waals surface area contributed by atoms with E-state index in [4.69, 9.17) is 69.6 Å². The quantitative estimate of drug-likeness (QED) is 0.0473. The van der Waals surface area contributed by atoms with Crippen LogP contribution in [0.3, 0.4) is 0 Å². The number of carbonyl (C=O) groups excluding carboxylic acids is 5. The zero-order valence-corrected chi connectivity index (χ0v) is 77.7. The van der Waals surface area contributed by atoms with Gasteiger partial charge in [-0.15, -0.1) is 0 Å². The number of hydrogen-bond acceptors (Lipinski definition) is 15. The van der Waals surface area contributed by atoms with Gasteiger partial charge in [0.25, 0.3) is 0 Å². The molecule has 40 heteroatoms. The van der Waals surface area contributed by atoms with E-state index in [0.717, 1.165) is 10.5 Å². The van der Waals surface area contributed by atoms with Crippen LogP contribution in [0.5, 0.6) is 0 Å². The number of sulfonamides is 5. The number of benzene rings is 8. The highest BCUT2D eigenvalue weighted by atomic mass is 79.9. The summed E-state index contributed by atoms with van der Waals surface area (Å²) in [6, 6.07) is 47.6.